The zero-order valence-electron chi connectivity index (χ0n) is 5.98. The topological polar surface area (TPSA) is 41.5 Å². The molecule has 3 heteroatoms. The molecule has 1 rings (SSSR count). The van der Waals surface area contributed by atoms with Gasteiger partial charge >= 0.3 is 0 Å². The van der Waals surface area contributed by atoms with Crippen LogP contribution >= 0.6 is 0 Å². The predicted molar refractivity (Wildman–Crippen MR) is 39.9 cm³/mol. The maximum absolute atomic E-state index is 10.7. The van der Waals surface area contributed by atoms with Crippen molar-refractivity contribution in [3.8, 4) is 0 Å². The van der Waals surface area contributed by atoms with Crippen LogP contribution in [0.3, 0.4) is 0 Å². The average Bonchev–Trinajstić information content (AvgIpc) is 1.94. The highest BCUT2D eigenvalue weighted by atomic mass is 16.1. The summed E-state index contributed by atoms with van der Waals surface area (Å²) in [4.78, 5) is 14.5. The maximum Gasteiger partial charge on any atom is 0.226 e. The number of carbonyl (C=O) groups excluding carboxylic acids is 1. The molecule has 1 aliphatic rings. The fourth-order valence-corrected chi connectivity index (χ4v) is 0.890. The van der Waals surface area contributed by atoms with Gasteiger partial charge in [-0.1, -0.05) is 0 Å². The standard InChI is InChI=1S/C7H10N2O/c1-5-4-9-7(10)3-6(5)8-2/h2-4H2,1H3,(H,9,10). The molecule has 0 aromatic heterocycles. The van der Waals surface area contributed by atoms with Crippen LogP contribution in [0.25, 0.3) is 0 Å². The Morgan fingerprint density at radius 1 is 1.70 bits per heavy atom. The molecule has 1 N–H and O–H groups in total. The molecule has 0 unspecified atom stereocenters. The van der Waals surface area contributed by atoms with Gasteiger partial charge in [-0.25, -0.2) is 0 Å². The molecule has 0 saturated heterocycles. The van der Waals surface area contributed by atoms with Crippen molar-refractivity contribution in [2.45, 2.75) is 13.3 Å². The Kier molecular flexibility index (Phi) is 1.85. The van der Waals surface area contributed by atoms with E-state index in [2.05, 4.69) is 17.0 Å². The lowest BCUT2D eigenvalue weighted by Gasteiger charge is -2.14. The van der Waals surface area contributed by atoms with Gasteiger partial charge in [0.05, 0.1) is 6.42 Å². The number of nitrogens with one attached hydrogen (secondary N) is 1. The number of amides is 1. The van der Waals surface area contributed by atoms with E-state index >= 15 is 0 Å². The molecule has 1 amide bonds. The molecule has 0 spiro atoms. The van der Waals surface area contributed by atoms with Crippen LogP contribution in [0, 0.1) is 0 Å². The summed E-state index contributed by atoms with van der Waals surface area (Å²) in [6, 6.07) is 0. The van der Waals surface area contributed by atoms with E-state index in [0.29, 0.717) is 13.0 Å². The van der Waals surface area contributed by atoms with E-state index in [1.54, 1.807) is 0 Å². The van der Waals surface area contributed by atoms with Crippen molar-refractivity contribution in [2.75, 3.05) is 6.54 Å². The number of aliphatic imine (C=N–C) groups is 1. The van der Waals surface area contributed by atoms with E-state index in [9.17, 15) is 4.79 Å². The highest BCUT2D eigenvalue weighted by molar-refractivity contribution is 5.80. The van der Waals surface area contributed by atoms with Gasteiger partial charge in [-0.2, -0.15) is 0 Å². The van der Waals surface area contributed by atoms with Crippen LogP contribution in [0.15, 0.2) is 16.3 Å². The van der Waals surface area contributed by atoms with Crippen molar-refractivity contribution in [2.24, 2.45) is 4.99 Å². The van der Waals surface area contributed by atoms with Crippen molar-refractivity contribution >= 4 is 12.6 Å². The highest BCUT2D eigenvalue weighted by Gasteiger charge is 2.12. The van der Waals surface area contributed by atoms with Crippen LogP contribution in [-0.2, 0) is 4.79 Å². The van der Waals surface area contributed by atoms with Crippen molar-refractivity contribution in [3.63, 3.8) is 0 Å². The second-order valence-corrected chi connectivity index (χ2v) is 2.34. The molecular formula is C7H10N2O. The van der Waals surface area contributed by atoms with Crippen LogP contribution < -0.4 is 5.32 Å². The number of nitrogens with zero attached hydrogens (tertiary/aromatic N) is 1. The first kappa shape index (κ1) is 6.99. The van der Waals surface area contributed by atoms with Crippen molar-refractivity contribution < 1.29 is 4.79 Å². The second-order valence-electron chi connectivity index (χ2n) is 2.34. The Balaban J connectivity index is 2.81. The average molecular weight is 138 g/mol. The molecule has 0 aromatic carbocycles. The van der Waals surface area contributed by atoms with E-state index < -0.39 is 0 Å². The minimum Gasteiger partial charge on any atom is -0.352 e. The molecule has 0 atom stereocenters. The summed E-state index contributed by atoms with van der Waals surface area (Å²) in [5.74, 6) is 0.0352. The largest absolute Gasteiger partial charge is 0.352 e. The maximum atomic E-state index is 10.7. The molecule has 1 heterocycles. The Hall–Kier alpha value is -1.12. The second kappa shape index (κ2) is 2.64. The zero-order chi connectivity index (χ0) is 7.56. The Bertz CT molecular complexity index is 206. The van der Waals surface area contributed by atoms with Crippen LogP contribution in [0.1, 0.15) is 13.3 Å². The minimum atomic E-state index is 0.0352. The van der Waals surface area contributed by atoms with Gasteiger partial charge in [0.15, 0.2) is 0 Å². The predicted octanol–water partition coefficient (Wildman–Crippen LogP) is 0.481. The van der Waals surface area contributed by atoms with Crippen LogP contribution in [0.4, 0.5) is 0 Å². The Morgan fingerprint density at radius 3 is 2.90 bits per heavy atom. The molecule has 1 aliphatic heterocycles. The van der Waals surface area contributed by atoms with E-state index in [1.807, 2.05) is 6.92 Å². The molecule has 0 saturated carbocycles. The van der Waals surface area contributed by atoms with Crippen molar-refractivity contribution in [1.29, 1.82) is 0 Å². The zero-order valence-corrected chi connectivity index (χ0v) is 5.98. The third kappa shape index (κ3) is 1.23. The molecule has 0 aromatic rings. The fourth-order valence-electron chi connectivity index (χ4n) is 0.890. The summed E-state index contributed by atoms with van der Waals surface area (Å²) in [6.07, 6.45) is 0.384. The monoisotopic (exact) mass is 138 g/mol. The Labute approximate surface area is 59.8 Å². The number of carbonyl (C=O) groups is 1. The SMILES string of the molecule is C=NC1=C(C)CNC(=O)C1. The van der Waals surface area contributed by atoms with Gasteiger partial charge in [-0.15, -0.1) is 0 Å². The van der Waals surface area contributed by atoms with Gasteiger partial charge in [-0.05, 0) is 19.2 Å². The van der Waals surface area contributed by atoms with E-state index in [0.717, 1.165) is 11.3 Å². The van der Waals surface area contributed by atoms with Crippen molar-refractivity contribution in [3.05, 3.63) is 11.3 Å². The molecule has 10 heavy (non-hydrogen) atoms. The third-order valence-electron chi connectivity index (χ3n) is 1.56. The van der Waals surface area contributed by atoms with Gasteiger partial charge in [0, 0.05) is 12.2 Å². The lowest BCUT2D eigenvalue weighted by Crippen LogP contribution is -2.29. The Morgan fingerprint density at radius 2 is 2.40 bits per heavy atom. The molecule has 54 valence electrons. The summed E-state index contributed by atoms with van der Waals surface area (Å²) in [6.45, 7) is 5.95. The first-order valence-corrected chi connectivity index (χ1v) is 3.16. The van der Waals surface area contributed by atoms with E-state index in [-0.39, 0.29) is 5.91 Å². The van der Waals surface area contributed by atoms with Crippen LogP contribution in [0.5, 0.6) is 0 Å². The smallest absolute Gasteiger partial charge is 0.226 e. The molecule has 0 aliphatic carbocycles. The quantitative estimate of drug-likeness (QED) is 0.526. The molecule has 0 bridgehead atoms. The van der Waals surface area contributed by atoms with Gasteiger partial charge < -0.3 is 5.32 Å². The first-order chi connectivity index (χ1) is 4.74. The van der Waals surface area contributed by atoms with E-state index in [1.165, 1.54) is 0 Å². The third-order valence-corrected chi connectivity index (χ3v) is 1.56. The number of hydrogen-bond donors (Lipinski definition) is 1. The number of rotatable bonds is 1. The molecule has 3 nitrogen and oxygen atoms in total. The molecular weight excluding hydrogens is 128 g/mol. The molecule has 0 fully saturated rings. The van der Waals surface area contributed by atoms with Gasteiger partial charge in [0.25, 0.3) is 0 Å². The first-order valence-electron chi connectivity index (χ1n) is 3.16. The van der Waals surface area contributed by atoms with Gasteiger partial charge in [0.2, 0.25) is 5.91 Å². The fraction of sp³-hybridized carbons (Fsp3) is 0.429. The summed E-state index contributed by atoms with van der Waals surface area (Å²) in [5, 5.41) is 2.71. The van der Waals surface area contributed by atoms with Crippen LogP contribution in [-0.4, -0.2) is 19.2 Å². The summed E-state index contributed by atoms with van der Waals surface area (Å²) in [7, 11) is 0. The van der Waals surface area contributed by atoms with Crippen LogP contribution in [0.2, 0.25) is 0 Å². The highest BCUT2D eigenvalue weighted by Crippen LogP contribution is 2.12. The number of hydrogen-bond acceptors (Lipinski definition) is 2. The lowest BCUT2D eigenvalue weighted by molar-refractivity contribution is -0.120. The normalized spacial score (nSPS) is 18.7. The minimum absolute atomic E-state index is 0.0352. The summed E-state index contributed by atoms with van der Waals surface area (Å²) in [5.41, 5.74) is 1.93. The summed E-state index contributed by atoms with van der Waals surface area (Å²) >= 11 is 0. The van der Waals surface area contributed by atoms with Gasteiger partial charge in [-0.3, -0.25) is 9.79 Å². The van der Waals surface area contributed by atoms with E-state index in [4.69, 9.17) is 0 Å². The van der Waals surface area contributed by atoms with Crippen molar-refractivity contribution in [1.82, 2.24) is 5.32 Å². The molecule has 0 radical (unpaired) electrons. The van der Waals surface area contributed by atoms with Gasteiger partial charge in [0.1, 0.15) is 0 Å². The lowest BCUT2D eigenvalue weighted by atomic mass is 10.1. The summed E-state index contributed by atoms with van der Waals surface area (Å²) < 4.78 is 0.